The zero-order valence-electron chi connectivity index (χ0n) is 15.8. The summed E-state index contributed by atoms with van der Waals surface area (Å²) in [6.07, 6.45) is -1.69. The number of H-pyrrole nitrogens is 1. The quantitative estimate of drug-likeness (QED) is 0.627. The van der Waals surface area contributed by atoms with Crippen molar-refractivity contribution in [2.75, 3.05) is 36.5 Å². The maximum atomic E-state index is 12.8. The van der Waals surface area contributed by atoms with Crippen LogP contribution < -0.4 is 5.32 Å². The minimum atomic E-state index is -2.67. The second-order valence-electron chi connectivity index (χ2n) is 7.01. The van der Waals surface area contributed by atoms with Crippen molar-refractivity contribution in [2.24, 2.45) is 0 Å². The molecule has 152 valence electrons. The van der Waals surface area contributed by atoms with E-state index in [-0.39, 0.29) is 5.91 Å². The number of benzene rings is 2. The van der Waals surface area contributed by atoms with Crippen molar-refractivity contribution in [2.45, 2.75) is 12.8 Å². The zero-order chi connectivity index (χ0) is 20.2. The molecule has 0 atom stereocenters. The maximum absolute atomic E-state index is 12.8. The third kappa shape index (κ3) is 4.94. The van der Waals surface area contributed by atoms with Crippen molar-refractivity contribution in [1.82, 2.24) is 14.9 Å². The number of imidazole rings is 1. The van der Waals surface area contributed by atoms with Gasteiger partial charge in [0.1, 0.15) is 0 Å². The van der Waals surface area contributed by atoms with Crippen LogP contribution in [0.4, 0.5) is 14.5 Å². The molecule has 1 fully saturated rings. The lowest BCUT2D eigenvalue weighted by molar-refractivity contribution is 0.102. The fraction of sp³-hybridized carbons (Fsp3) is 0.333. The number of hydrogen-bond donors (Lipinski definition) is 2. The van der Waals surface area contributed by atoms with Crippen molar-refractivity contribution >= 4 is 34.4 Å². The second kappa shape index (κ2) is 8.92. The lowest BCUT2D eigenvalue weighted by Gasteiger charge is -2.26. The number of halogens is 2. The SMILES string of the molecule is O=C(Nc1ccc(CCN2CCSCC2)cc1)c1ccc2nc(C(F)F)[nH]c2c1. The van der Waals surface area contributed by atoms with Gasteiger partial charge in [0.25, 0.3) is 12.3 Å². The number of carbonyl (C=O) groups excluding carboxylic acids is 1. The van der Waals surface area contributed by atoms with Crippen LogP contribution in [0.15, 0.2) is 42.5 Å². The molecule has 1 amide bonds. The Labute approximate surface area is 171 Å². The van der Waals surface area contributed by atoms with E-state index in [1.807, 2.05) is 36.0 Å². The zero-order valence-corrected chi connectivity index (χ0v) is 16.6. The first-order chi connectivity index (χ1) is 14.1. The highest BCUT2D eigenvalue weighted by Gasteiger charge is 2.14. The topological polar surface area (TPSA) is 61.0 Å². The van der Waals surface area contributed by atoms with Gasteiger partial charge in [-0.3, -0.25) is 4.79 Å². The minimum absolute atomic E-state index is 0.293. The van der Waals surface area contributed by atoms with Gasteiger partial charge in [-0.1, -0.05) is 12.1 Å². The highest BCUT2D eigenvalue weighted by atomic mass is 32.2. The monoisotopic (exact) mass is 416 g/mol. The van der Waals surface area contributed by atoms with Crippen LogP contribution in [0.3, 0.4) is 0 Å². The van der Waals surface area contributed by atoms with Crippen LogP contribution in [0.1, 0.15) is 28.2 Å². The number of hydrogen-bond acceptors (Lipinski definition) is 4. The number of anilines is 1. The lowest BCUT2D eigenvalue weighted by atomic mass is 10.1. The summed E-state index contributed by atoms with van der Waals surface area (Å²) in [5, 5.41) is 2.85. The Morgan fingerprint density at radius 2 is 1.93 bits per heavy atom. The van der Waals surface area contributed by atoms with E-state index in [9.17, 15) is 13.6 Å². The molecular formula is C21H22F2N4OS. The summed E-state index contributed by atoms with van der Waals surface area (Å²) in [5.41, 5.74) is 3.15. The first-order valence-corrected chi connectivity index (χ1v) is 10.7. The number of alkyl halides is 2. The number of amides is 1. The summed E-state index contributed by atoms with van der Waals surface area (Å²) >= 11 is 2.01. The number of thioether (sulfide) groups is 1. The van der Waals surface area contributed by atoms with Crippen molar-refractivity contribution in [3.63, 3.8) is 0 Å². The predicted octanol–water partition coefficient (Wildman–Crippen LogP) is 4.34. The molecule has 1 aliphatic heterocycles. The molecule has 1 saturated heterocycles. The number of fused-ring (bicyclic) bond motifs is 1. The molecule has 0 unspecified atom stereocenters. The van der Waals surface area contributed by atoms with Gasteiger partial charge < -0.3 is 15.2 Å². The number of nitrogens with zero attached hydrogens (tertiary/aromatic N) is 2. The molecule has 0 aliphatic carbocycles. The van der Waals surface area contributed by atoms with E-state index < -0.39 is 12.2 Å². The van der Waals surface area contributed by atoms with Crippen LogP contribution in [0.5, 0.6) is 0 Å². The summed E-state index contributed by atoms with van der Waals surface area (Å²) in [6, 6.07) is 12.5. The molecule has 1 aliphatic rings. The van der Waals surface area contributed by atoms with Gasteiger partial charge in [0.2, 0.25) is 0 Å². The van der Waals surface area contributed by atoms with Gasteiger partial charge in [0, 0.05) is 42.4 Å². The molecule has 0 radical (unpaired) electrons. The molecule has 3 aromatic rings. The number of carbonyl (C=O) groups is 1. The van der Waals surface area contributed by atoms with Gasteiger partial charge in [-0.2, -0.15) is 11.8 Å². The molecule has 0 spiro atoms. The molecule has 5 nitrogen and oxygen atoms in total. The Bertz CT molecular complexity index is 984. The van der Waals surface area contributed by atoms with Crippen molar-refractivity contribution in [3.8, 4) is 0 Å². The molecule has 2 N–H and O–H groups in total. The average Bonchev–Trinajstić information content (AvgIpc) is 3.18. The fourth-order valence-electron chi connectivity index (χ4n) is 3.34. The molecule has 0 saturated carbocycles. The first-order valence-electron chi connectivity index (χ1n) is 9.57. The van der Waals surface area contributed by atoms with Gasteiger partial charge >= 0.3 is 0 Å². The normalized spacial score (nSPS) is 15.1. The number of aromatic amines is 1. The highest BCUT2D eigenvalue weighted by Crippen LogP contribution is 2.21. The van der Waals surface area contributed by atoms with Crippen LogP contribution in [0.25, 0.3) is 11.0 Å². The smallest absolute Gasteiger partial charge is 0.295 e. The molecule has 8 heteroatoms. The summed E-state index contributed by atoms with van der Waals surface area (Å²) in [4.78, 5) is 21.4. The Hall–Kier alpha value is -2.45. The van der Waals surface area contributed by atoms with Gasteiger partial charge in [0.15, 0.2) is 5.82 Å². The standard InChI is InChI=1S/C21H22F2N4OS/c22-19(23)20-25-17-6-3-15(13-18(17)26-20)21(28)24-16-4-1-14(2-5-16)7-8-27-9-11-29-12-10-27/h1-6,13,19H,7-12H2,(H,24,28)(H,25,26). The summed E-state index contributed by atoms with van der Waals surface area (Å²) in [5.74, 6) is 1.73. The van der Waals surface area contributed by atoms with Crippen molar-refractivity contribution in [3.05, 3.63) is 59.4 Å². The lowest BCUT2D eigenvalue weighted by Crippen LogP contribution is -2.34. The molecular weight excluding hydrogens is 394 g/mol. The summed E-state index contributed by atoms with van der Waals surface area (Å²) in [6.45, 7) is 3.35. The van der Waals surface area contributed by atoms with Crippen LogP contribution >= 0.6 is 11.8 Å². The maximum Gasteiger partial charge on any atom is 0.295 e. The Balaban J connectivity index is 1.37. The molecule has 1 aromatic heterocycles. The van der Waals surface area contributed by atoms with Gasteiger partial charge in [-0.25, -0.2) is 13.8 Å². The Kier molecular flexibility index (Phi) is 6.10. The summed E-state index contributed by atoms with van der Waals surface area (Å²) in [7, 11) is 0. The van der Waals surface area contributed by atoms with Crippen molar-refractivity contribution in [1.29, 1.82) is 0 Å². The van der Waals surface area contributed by atoms with E-state index in [4.69, 9.17) is 0 Å². The van der Waals surface area contributed by atoms with E-state index in [1.165, 1.54) is 23.1 Å². The van der Waals surface area contributed by atoms with Crippen LogP contribution in [0, 0.1) is 0 Å². The van der Waals surface area contributed by atoms with Gasteiger partial charge in [-0.05, 0) is 42.3 Å². The van der Waals surface area contributed by atoms with Gasteiger partial charge in [-0.15, -0.1) is 0 Å². The molecule has 2 heterocycles. The highest BCUT2D eigenvalue weighted by molar-refractivity contribution is 7.99. The first kappa shape index (κ1) is 19.8. The van der Waals surface area contributed by atoms with E-state index in [2.05, 4.69) is 20.2 Å². The van der Waals surface area contributed by atoms with Gasteiger partial charge in [0.05, 0.1) is 11.0 Å². The average molecular weight is 416 g/mol. The molecule has 29 heavy (non-hydrogen) atoms. The van der Waals surface area contributed by atoms with Crippen molar-refractivity contribution < 1.29 is 13.6 Å². The largest absolute Gasteiger partial charge is 0.337 e. The Morgan fingerprint density at radius 3 is 2.66 bits per heavy atom. The Morgan fingerprint density at radius 1 is 1.17 bits per heavy atom. The number of rotatable bonds is 6. The molecule has 0 bridgehead atoms. The van der Waals surface area contributed by atoms with Crippen LogP contribution in [0.2, 0.25) is 0 Å². The molecule has 4 rings (SSSR count). The number of aromatic nitrogens is 2. The second-order valence-corrected chi connectivity index (χ2v) is 8.23. The number of nitrogens with one attached hydrogen (secondary N) is 2. The van der Waals surface area contributed by atoms with E-state index in [1.54, 1.807) is 12.1 Å². The minimum Gasteiger partial charge on any atom is -0.337 e. The van der Waals surface area contributed by atoms with E-state index >= 15 is 0 Å². The third-order valence-electron chi connectivity index (χ3n) is 5.00. The summed E-state index contributed by atoms with van der Waals surface area (Å²) < 4.78 is 25.5. The van der Waals surface area contributed by atoms with Crippen LogP contribution in [-0.4, -0.2) is 51.9 Å². The third-order valence-corrected chi connectivity index (χ3v) is 5.94. The van der Waals surface area contributed by atoms with E-state index in [0.717, 1.165) is 26.1 Å². The van der Waals surface area contributed by atoms with E-state index in [0.29, 0.717) is 22.3 Å². The fourth-order valence-corrected chi connectivity index (χ4v) is 4.32. The van der Waals surface area contributed by atoms with Crippen LogP contribution in [-0.2, 0) is 6.42 Å². The molecule has 2 aromatic carbocycles. The predicted molar refractivity (Wildman–Crippen MR) is 113 cm³/mol.